The lowest BCUT2D eigenvalue weighted by molar-refractivity contribution is -0.159. The van der Waals surface area contributed by atoms with Gasteiger partial charge in [0.2, 0.25) is 0 Å². The number of ether oxygens (including phenoxy) is 1. The molecule has 0 amide bonds. The Balaban J connectivity index is 2.79. The largest absolute Gasteiger partial charge is 0.489 e. The lowest BCUT2D eigenvalue weighted by Gasteiger charge is -2.19. The summed E-state index contributed by atoms with van der Waals surface area (Å²) in [4.78, 5) is 10.7. The molecule has 0 spiro atoms. The van der Waals surface area contributed by atoms with E-state index in [1.54, 1.807) is 12.1 Å². The number of allylic oxidation sites excluding steroid dienone is 1. The fourth-order valence-corrected chi connectivity index (χ4v) is 1.21. The van der Waals surface area contributed by atoms with Crippen molar-refractivity contribution in [3.8, 4) is 5.75 Å². The molecule has 1 atom stereocenters. The molecule has 0 heterocycles. The Kier molecular flexibility index (Phi) is 4.29. The first kappa shape index (κ1) is 13.3. The van der Waals surface area contributed by atoms with E-state index in [4.69, 9.17) is 9.84 Å². The molecule has 92 valence electrons. The monoisotopic (exact) mass is 236 g/mol. The van der Waals surface area contributed by atoms with E-state index in [0.29, 0.717) is 5.75 Å². The summed E-state index contributed by atoms with van der Waals surface area (Å²) in [5.74, 6) is -0.756. The Morgan fingerprint density at radius 2 is 2.12 bits per heavy atom. The van der Waals surface area contributed by atoms with Crippen LogP contribution < -0.4 is 4.74 Å². The highest BCUT2D eigenvalue weighted by molar-refractivity contribution is 5.76. The molecule has 1 unspecified atom stereocenters. The second kappa shape index (κ2) is 5.50. The summed E-state index contributed by atoms with van der Waals surface area (Å²) in [6, 6.07) is 7.23. The summed E-state index contributed by atoms with van der Waals surface area (Å²) >= 11 is 0. The highest BCUT2D eigenvalue weighted by atomic mass is 16.5. The zero-order chi connectivity index (χ0) is 12.9. The van der Waals surface area contributed by atoms with Crippen LogP contribution in [0.5, 0.6) is 5.75 Å². The number of rotatable bonds is 5. The summed E-state index contributed by atoms with van der Waals surface area (Å²) in [6.07, 6.45) is 3.71. The molecule has 17 heavy (non-hydrogen) atoms. The van der Waals surface area contributed by atoms with Gasteiger partial charge in [0.1, 0.15) is 12.4 Å². The minimum atomic E-state index is -1.89. The smallest absolute Gasteiger partial charge is 0.339 e. The normalized spacial score (nSPS) is 14.5. The van der Waals surface area contributed by atoms with Crippen LogP contribution in [0.15, 0.2) is 30.3 Å². The first-order valence-corrected chi connectivity index (χ1v) is 5.27. The number of carbonyl (C=O) groups is 1. The van der Waals surface area contributed by atoms with Crippen molar-refractivity contribution in [3.63, 3.8) is 0 Å². The van der Waals surface area contributed by atoms with Crippen molar-refractivity contribution in [1.82, 2.24) is 0 Å². The van der Waals surface area contributed by atoms with Gasteiger partial charge in [-0.2, -0.15) is 0 Å². The lowest BCUT2D eigenvalue weighted by Crippen LogP contribution is -2.41. The van der Waals surface area contributed by atoms with Gasteiger partial charge in [0.05, 0.1) is 0 Å². The molecule has 0 saturated heterocycles. The molecule has 1 aromatic rings. The minimum Gasteiger partial charge on any atom is -0.489 e. The zero-order valence-corrected chi connectivity index (χ0v) is 9.88. The molecule has 0 radical (unpaired) electrons. The Bertz CT molecular complexity index is 421. The van der Waals surface area contributed by atoms with Crippen molar-refractivity contribution in [2.75, 3.05) is 6.61 Å². The predicted octanol–water partition coefficient (Wildman–Crippen LogP) is 1.93. The third-order valence-corrected chi connectivity index (χ3v) is 2.23. The summed E-state index contributed by atoms with van der Waals surface area (Å²) in [5, 5.41) is 18.3. The Morgan fingerprint density at radius 1 is 1.47 bits per heavy atom. The van der Waals surface area contributed by atoms with Gasteiger partial charge in [-0.3, -0.25) is 0 Å². The second-order valence-electron chi connectivity index (χ2n) is 3.91. The standard InChI is InChI=1S/C13H16O4/c1-3-6-10-7-4-5-8-11(10)17-9-13(2,16)12(14)15/h3-8,16H,9H2,1-2H3,(H,14,15). The van der Waals surface area contributed by atoms with Gasteiger partial charge < -0.3 is 14.9 Å². The Labute approximate surface area is 100 Å². The maximum absolute atomic E-state index is 10.7. The lowest BCUT2D eigenvalue weighted by atomic mass is 10.1. The van der Waals surface area contributed by atoms with Crippen LogP contribution in [0.4, 0.5) is 0 Å². The van der Waals surface area contributed by atoms with Gasteiger partial charge in [-0.25, -0.2) is 4.79 Å². The number of benzene rings is 1. The number of aliphatic carboxylic acids is 1. The molecular weight excluding hydrogens is 220 g/mol. The quantitative estimate of drug-likeness (QED) is 0.819. The molecule has 0 aliphatic carbocycles. The molecule has 4 heteroatoms. The topological polar surface area (TPSA) is 66.8 Å². The number of hydrogen-bond donors (Lipinski definition) is 2. The number of aliphatic hydroxyl groups is 1. The highest BCUT2D eigenvalue weighted by Crippen LogP contribution is 2.20. The van der Waals surface area contributed by atoms with E-state index >= 15 is 0 Å². The fraction of sp³-hybridized carbons (Fsp3) is 0.308. The summed E-state index contributed by atoms with van der Waals surface area (Å²) in [5.41, 5.74) is -1.04. The van der Waals surface area contributed by atoms with Crippen LogP contribution in [0.25, 0.3) is 6.08 Å². The van der Waals surface area contributed by atoms with Crippen molar-refractivity contribution >= 4 is 12.0 Å². The van der Waals surface area contributed by atoms with E-state index in [1.807, 2.05) is 31.2 Å². The molecule has 0 bridgehead atoms. The molecule has 4 nitrogen and oxygen atoms in total. The van der Waals surface area contributed by atoms with Gasteiger partial charge in [0, 0.05) is 5.56 Å². The van der Waals surface area contributed by atoms with Gasteiger partial charge in [-0.05, 0) is 19.9 Å². The van der Waals surface area contributed by atoms with E-state index < -0.39 is 11.6 Å². The van der Waals surface area contributed by atoms with Crippen LogP contribution in [0.3, 0.4) is 0 Å². The molecule has 0 aliphatic heterocycles. The van der Waals surface area contributed by atoms with Crippen molar-refractivity contribution in [3.05, 3.63) is 35.9 Å². The number of carboxylic acid groups (broad SMARTS) is 1. The summed E-state index contributed by atoms with van der Waals surface area (Å²) in [6.45, 7) is 2.79. The molecule has 0 aliphatic rings. The van der Waals surface area contributed by atoms with Crippen molar-refractivity contribution in [1.29, 1.82) is 0 Å². The van der Waals surface area contributed by atoms with Crippen molar-refractivity contribution < 1.29 is 19.7 Å². The van der Waals surface area contributed by atoms with Gasteiger partial charge in [0.25, 0.3) is 0 Å². The van der Waals surface area contributed by atoms with Gasteiger partial charge >= 0.3 is 5.97 Å². The maximum Gasteiger partial charge on any atom is 0.339 e. The van der Waals surface area contributed by atoms with Crippen LogP contribution in [0.2, 0.25) is 0 Å². The van der Waals surface area contributed by atoms with Crippen LogP contribution in [-0.2, 0) is 4.79 Å². The molecular formula is C13H16O4. The first-order chi connectivity index (χ1) is 7.97. The van der Waals surface area contributed by atoms with E-state index in [9.17, 15) is 9.90 Å². The first-order valence-electron chi connectivity index (χ1n) is 5.27. The number of hydrogen-bond acceptors (Lipinski definition) is 3. The third kappa shape index (κ3) is 3.60. The molecule has 1 rings (SSSR count). The SMILES string of the molecule is CC=Cc1ccccc1OCC(C)(O)C(=O)O. The van der Waals surface area contributed by atoms with Gasteiger partial charge in [0.15, 0.2) is 5.60 Å². The number of para-hydroxylation sites is 1. The average Bonchev–Trinajstić information content (AvgIpc) is 2.28. The van der Waals surface area contributed by atoms with Crippen LogP contribution in [0, 0.1) is 0 Å². The molecule has 0 saturated carbocycles. The third-order valence-electron chi connectivity index (χ3n) is 2.23. The van der Waals surface area contributed by atoms with Crippen LogP contribution >= 0.6 is 0 Å². The van der Waals surface area contributed by atoms with E-state index in [1.165, 1.54) is 6.92 Å². The van der Waals surface area contributed by atoms with Crippen molar-refractivity contribution in [2.45, 2.75) is 19.4 Å². The molecule has 1 aromatic carbocycles. The average molecular weight is 236 g/mol. The zero-order valence-electron chi connectivity index (χ0n) is 9.88. The van der Waals surface area contributed by atoms with Gasteiger partial charge in [-0.1, -0.05) is 30.4 Å². The highest BCUT2D eigenvalue weighted by Gasteiger charge is 2.31. The summed E-state index contributed by atoms with van der Waals surface area (Å²) in [7, 11) is 0. The van der Waals surface area contributed by atoms with Gasteiger partial charge in [-0.15, -0.1) is 0 Å². The molecule has 2 N–H and O–H groups in total. The Hall–Kier alpha value is -1.81. The van der Waals surface area contributed by atoms with E-state index in [-0.39, 0.29) is 6.61 Å². The predicted molar refractivity (Wildman–Crippen MR) is 64.9 cm³/mol. The van der Waals surface area contributed by atoms with Crippen LogP contribution in [0.1, 0.15) is 19.4 Å². The van der Waals surface area contributed by atoms with Crippen LogP contribution in [-0.4, -0.2) is 28.4 Å². The maximum atomic E-state index is 10.7. The minimum absolute atomic E-state index is 0.295. The second-order valence-corrected chi connectivity index (χ2v) is 3.91. The molecule has 0 fully saturated rings. The summed E-state index contributed by atoms with van der Waals surface area (Å²) < 4.78 is 5.33. The van der Waals surface area contributed by atoms with E-state index in [2.05, 4.69) is 0 Å². The molecule has 0 aromatic heterocycles. The Morgan fingerprint density at radius 3 is 2.71 bits per heavy atom. The van der Waals surface area contributed by atoms with E-state index in [0.717, 1.165) is 5.56 Å². The van der Waals surface area contributed by atoms with Crippen molar-refractivity contribution in [2.24, 2.45) is 0 Å². The fourth-order valence-electron chi connectivity index (χ4n) is 1.21. The number of carboxylic acids is 1.